The molecule has 31 heavy (non-hydrogen) atoms. The van der Waals surface area contributed by atoms with Crippen LogP contribution in [0.25, 0.3) is 10.8 Å². The molecule has 0 spiro atoms. The molecule has 0 saturated carbocycles. The number of amides is 1. The van der Waals surface area contributed by atoms with E-state index in [9.17, 15) is 4.79 Å². The first-order valence-corrected chi connectivity index (χ1v) is 10.7. The van der Waals surface area contributed by atoms with Crippen molar-refractivity contribution >= 4 is 28.2 Å². The van der Waals surface area contributed by atoms with Crippen LogP contribution in [0.4, 0.5) is 5.69 Å². The smallest absolute Gasteiger partial charge is 0.224 e. The highest BCUT2D eigenvalue weighted by atomic mass is 16.5. The molecule has 6 nitrogen and oxygen atoms in total. The molecule has 2 atom stereocenters. The predicted molar refractivity (Wildman–Crippen MR) is 123 cm³/mol. The molecule has 4 N–H and O–H groups in total. The zero-order valence-corrected chi connectivity index (χ0v) is 17.5. The first-order valence-electron chi connectivity index (χ1n) is 10.7. The van der Waals surface area contributed by atoms with Gasteiger partial charge in [0.25, 0.3) is 0 Å². The lowest BCUT2D eigenvalue weighted by Gasteiger charge is -2.25. The fraction of sp³-hybridized carbons (Fsp3) is 0.280. The molecule has 5 rings (SSSR count). The Kier molecular flexibility index (Phi) is 4.87. The molecule has 0 aliphatic carbocycles. The Morgan fingerprint density at radius 2 is 1.97 bits per heavy atom. The van der Waals surface area contributed by atoms with Gasteiger partial charge < -0.3 is 20.7 Å². The van der Waals surface area contributed by atoms with Gasteiger partial charge in [-0.05, 0) is 71.6 Å². The summed E-state index contributed by atoms with van der Waals surface area (Å²) in [6.07, 6.45) is 1.96. The second-order valence-corrected chi connectivity index (χ2v) is 8.37. The first kappa shape index (κ1) is 19.6. The highest BCUT2D eigenvalue weighted by Gasteiger charge is 2.33. The van der Waals surface area contributed by atoms with Crippen molar-refractivity contribution in [3.8, 4) is 5.75 Å². The minimum Gasteiger partial charge on any atom is -0.489 e. The number of amidine groups is 1. The monoisotopic (exact) mass is 414 g/mol. The van der Waals surface area contributed by atoms with Gasteiger partial charge in [0, 0.05) is 24.7 Å². The van der Waals surface area contributed by atoms with Crippen LogP contribution in [0.2, 0.25) is 0 Å². The van der Waals surface area contributed by atoms with E-state index in [-0.39, 0.29) is 23.9 Å². The van der Waals surface area contributed by atoms with Gasteiger partial charge in [0.15, 0.2) is 0 Å². The average molecular weight is 415 g/mol. The number of benzene rings is 3. The van der Waals surface area contributed by atoms with Gasteiger partial charge in [-0.2, -0.15) is 0 Å². The molecule has 6 heteroatoms. The lowest BCUT2D eigenvalue weighted by molar-refractivity contribution is -0.116. The third-order valence-corrected chi connectivity index (χ3v) is 6.25. The fourth-order valence-electron chi connectivity index (χ4n) is 4.72. The van der Waals surface area contributed by atoms with Gasteiger partial charge in [0.05, 0.1) is 6.04 Å². The first-order chi connectivity index (χ1) is 15.0. The van der Waals surface area contributed by atoms with Gasteiger partial charge >= 0.3 is 0 Å². The summed E-state index contributed by atoms with van der Waals surface area (Å²) in [6, 6.07) is 18.0. The number of nitrogens with two attached hydrogens (primary N) is 1. The van der Waals surface area contributed by atoms with Crippen LogP contribution in [-0.2, 0) is 11.2 Å². The number of nitrogen functional groups attached to an aromatic ring is 1. The maximum Gasteiger partial charge on any atom is 0.224 e. The maximum absolute atomic E-state index is 12.6. The Labute approximate surface area is 181 Å². The van der Waals surface area contributed by atoms with E-state index in [1.165, 1.54) is 0 Å². The quantitative estimate of drug-likeness (QED) is 0.450. The molecule has 158 valence electrons. The summed E-state index contributed by atoms with van der Waals surface area (Å²) in [5.74, 6) is 0.937. The van der Waals surface area contributed by atoms with E-state index in [0.29, 0.717) is 5.56 Å². The molecule has 1 amide bonds. The Bertz CT molecular complexity index is 1180. The molecule has 3 aromatic carbocycles. The van der Waals surface area contributed by atoms with Gasteiger partial charge in [0.1, 0.15) is 17.7 Å². The molecule has 2 unspecified atom stereocenters. The predicted octanol–water partition coefficient (Wildman–Crippen LogP) is 3.51. The van der Waals surface area contributed by atoms with E-state index in [2.05, 4.69) is 29.6 Å². The van der Waals surface area contributed by atoms with Gasteiger partial charge in [0.2, 0.25) is 5.91 Å². The van der Waals surface area contributed by atoms with E-state index in [1.54, 1.807) is 6.92 Å². The van der Waals surface area contributed by atoms with Crippen molar-refractivity contribution in [2.45, 2.75) is 31.9 Å². The van der Waals surface area contributed by atoms with E-state index in [1.807, 2.05) is 35.2 Å². The van der Waals surface area contributed by atoms with Crippen molar-refractivity contribution in [1.29, 1.82) is 5.41 Å². The molecule has 0 radical (unpaired) electrons. The zero-order valence-electron chi connectivity index (χ0n) is 17.5. The number of carbonyl (C=O) groups is 1. The van der Waals surface area contributed by atoms with Crippen molar-refractivity contribution in [1.82, 2.24) is 5.32 Å². The number of hydrogen-bond donors (Lipinski definition) is 3. The SMILES string of the molecule is CC(=O)N1c2ccc(OC3CCNC3)cc2CC1c1ccc2ccc(C(=N)N)cc2c1. The molecule has 1 fully saturated rings. The Hall–Kier alpha value is -3.38. The van der Waals surface area contributed by atoms with Gasteiger partial charge in [-0.3, -0.25) is 10.2 Å². The molecule has 2 aliphatic heterocycles. The molecule has 0 bridgehead atoms. The molecule has 2 aliphatic rings. The van der Waals surface area contributed by atoms with Crippen LogP contribution < -0.4 is 20.7 Å². The summed E-state index contributed by atoms with van der Waals surface area (Å²) in [7, 11) is 0. The highest BCUT2D eigenvalue weighted by Crippen LogP contribution is 2.42. The Morgan fingerprint density at radius 3 is 2.71 bits per heavy atom. The highest BCUT2D eigenvalue weighted by molar-refractivity contribution is 5.99. The number of hydrogen-bond acceptors (Lipinski definition) is 4. The Balaban J connectivity index is 1.49. The van der Waals surface area contributed by atoms with Crippen molar-refractivity contribution in [3.63, 3.8) is 0 Å². The molecule has 0 aromatic heterocycles. The largest absolute Gasteiger partial charge is 0.489 e. The van der Waals surface area contributed by atoms with Crippen molar-refractivity contribution in [3.05, 3.63) is 71.3 Å². The van der Waals surface area contributed by atoms with Crippen LogP contribution in [0.5, 0.6) is 5.75 Å². The summed E-state index contributed by atoms with van der Waals surface area (Å²) >= 11 is 0. The number of carbonyl (C=O) groups excluding carboxylic acids is 1. The number of anilines is 1. The van der Waals surface area contributed by atoms with Crippen LogP contribution in [-0.4, -0.2) is 30.9 Å². The van der Waals surface area contributed by atoms with E-state index < -0.39 is 0 Å². The minimum atomic E-state index is -0.0683. The zero-order chi connectivity index (χ0) is 21.5. The summed E-state index contributed by atoms with van der Waals surface area (Å²) in [4.78, 5) is 14.5. The van der Waals surface area contributed by atoms with Gasteiger partial charge in [-0.25, -0.2) is 0 Å². The summed E-state index contributed by atoms with van der Waals surface area (Å²) in [5.41, 5.74) is 9.52. The number of nitrogens with one attached hydrogen (secondary N) is 2. The normalized spacial score (nSPS) is 20.1. The third kappa shape index (κ3) is 3.64. The second kappa shape index (κ2) is 7.71. The molecule has 2 heterocycles. The van der Waals surface area contributed by atoms with Crippen LogP contribution in [0.1, 0.15) is 36.1 Å². The molecular formula is C25H26N4O2. The lowest BCUT2D eigenvalue weighted by atomic mass is 9.97. The van der Waals surface area contributed by atoms with Crippen LogP contribution >= 0.6 is 0 Å². The standard InChI is InChI=1S/C25H26N4O2/c1-15(30)29-23-7-6-21(31-22-8-9-28-14-22)12-20(23)13-24(29)17-4-2-16-3-5-18(25(26)27)11-19(16)10-17/h2-7,10-12,22,24,28H,8-9,13-14H2,1H3,(H3,26,27). The summed E-state index contributed by atoms with van der Waals surface area (Å²) < 4.78 is 6.13. The van der Waals surface area contributed by atoms with Crippen molar-refractivity contribution in [2.24, 2.45) is 5.73 Å². The lowest BCUT2D eigenvalue weighted by Crippen LogP contribution is -2.29. The fourth-order valence-corrected chi connectivity index (χ4v) is 4.72. The van der Waals surface area contributed by atoms with E-state index >= 15 is 0 Å². The number of ether oxygens (including phenoxy) is 1. The van der Waals surface area contributed by atoms with Crippen molar-refractivity contribution in [2.75, 3.05) is 18.0 Å². The summed E-state index contributed by atoms with van der Waals surface area (Å²) in [6.45, 7) is 3.48. The van der Waals surface area contributed by atoms with E-state index in [4.69, 9.17) is 15.9 Å². The van der Waals surface area contributed by atoms with Crippen LogP contribution in [0.15, 0.2) is 54.6 Å². The van der Waals surface area contributed by atoms with E-state index in [0.717, 1.165) is 59.3 Å². The number of rotatable bonds is 4. The number of fused-ring (bicyclic) bond motifs is 2. The van der Waals surface area contributed by atoms with Gasteiger partial charge in [-0.1, -0.05) is 24.3 Å². The second-order valence-electron chi connectivity index (χ2n) is 8.37. The van der Waals surface area contributed by atoms with Crippen LogP contribution in [0, 0.1) is 5.41 Å². The van der Waals surface area contributed by atoms with Crippen molar-refractivity contribution < 1.29 is 9.53 Å². The minimum absolute atomic E-state index is 0.0231. The average Bonchev–Trinajstić information content (AvgIpc) is 3.40. The molecular weight excluding hydrogens is 388 g/mol. The number of nitrogens with zero attached hydrogens (tertiary/aromatic N) is 1. The summed E-state index contributed by atoms with van der Waals surface area (Å²) in [5, 5.41) is 13.1. The topological polar surface area (TPSA) is 91.4 Å². The Morgan fingerprint density at radius 1 is 1.13 bits per heavy atom. The maximum atomic E-state index is 12.6. The van der Waals surface area contributed by atoms with Crippen LogP contribution in [0.3, 0.4) is 0 Å². The third-order valence-electron chi connectivity index (χ3n) is 6.25. The molecule has 3 aromatic rings. The molecule has 1 saturated heterocycles. The van der Waals surface area contributed by atoms with Gasteiger partial charge in [-0.15, -0.1) is 0 Å².